The van der Waals surface area contributed by atoms with Crippen LogP contribution in [-0.2, 0) is 0 Å². The standard InChI is InChI=1S/C66H45N3O/c1-3-61(68-66(48-31-29-45(30-32-48)43-17-6-4-7-18-43)67-42(2)49-25-16-26-50(37-49)44-19-8-5-9-20-44)60-41-53(40-59-57-36-34-47-22-13-15-28-55(47)64(57)70-65(59)60)69-62-39-52-24-11-10-23-51(52)38-58(62)56-35-33-46-21-12-14-27-54(46)63(56)69/h3-41,61H,1H2,2H3/b67-42+,68-66-/t61-/m0/s1. The number of amidine groups is 1. The first-order chi connectivity index (χ1) is 34.6. The summed E-state index contributed by atoms with van der Waals surface area (Å²) < 4.78 is 9.61. The smallest absolute Gasteiger partial charge is 0.155 e. The maximum atomic E-state index is 7.15. The van der Waals surface area contributed by atoms with E-state index < -0.39 is 6.04 Å². The van der Waals surface area contributed by atoms with Gasteiger partial charge in [-0.25, -0.2) is 4.99 Å². The Morgan fingerprint density at radius 3 is 1.79 bits per heavy atom. The van der Waals surface area contributed by atoms with Crippen molar-refractivity contribution in [2.24, 2.45) is 9.98 Å². The van der Waals surface area contributed by atoms with Crippen LogP contribution in [0.5, 0.6) is 0 Å². The number of nitrogens with zero attached hydrogens (tertiary/aromatic N) is 3. The summed E-state index contributed by atoms with van der Waals surface area (Å²) >= 11 is 0. The van der Waals surface area contributed by atoms with Crippen LogP contribution < -0.4 is 0 Å². The van der Waals surface area contributed by atoms with Gasteiger partial charge in [0.15, 0.2) is 5.84 Å². The van der Waals surface area contributed by atoms with E-state index >= 15 is 0 Å². The van der Waals surface area contributed by atoms with E-state index in [0.29, 0.717) is 5.84 Å². The Morgan fingerprint density at radius 1 is 0.457 bits per heavy atom. The minimum Gasteiger partial charge on any atom is -0.455 e. The molecule has 1 atom stereocenters. The Bertz CT molecular complexity index is 4250. The van der Waals surface area contributed by atoms with Crippen molar-refractivity contribution >= 4 is 87.6 Å². The fourth-order valence-electron chi connectivity index (χ4n) is 10.5. The molecule has 0 aliphatic carbocycles. The summed E-state index contributed by atoms with van der Waals surface area (Å²) in [5.41, 5.74) is 13.1. The number of hydrogen-bond donors (Lipinski definition) is 0. The van der Waals surface area contributed by atoms with Gasteiger partial charge in [0, 0.05) is 54.8 Å². The molecular formula is C66H45N3O. The van der Waals surface area contributed by atoms with Gasteiger partial charge in [-0.1, -0.05) is 200 Å². The summed E-state index contributed by atoms with van der Waals surface area (Å²) in [6.07, 6.45) is 1.93. The van der Waals surface area contributed by atoms with Gasteiger partial charge in [0.25, 0.3) is 0 Å². The molecule has 0 N–H and O–H groups in total. The monoisotopic (exact) mass is 895 g/mol. The van der Waals surface area contributed by atoms with Gasteiger partial charge in [-0.15, -0.1) is 6.58 Å². The van der Waals surface area contributed by atoms with Crippen molar-refractivity contribution in [3.63, 3.8) is 0 Å². The van der Waals surface area contributed by atoms with Crippen molar-refractivity contribution < 1.29 is 4.42 Å². The van der Waals surface area contributed by atoms with Gasteiger partial charge in [0.2, 0.25) is 0 Å². The van der Waals surface area contributed by atoms with Gasteiger partial charge < -0.3 is 8.98 Å². The normalized spacial score (nSPS) is 12.8. The maximum absolute atomic E-state index is 7.15. The van der Waals surface area contributed by atoms with E-state index in [1.807, 2.05) is 18.2 Å². The lowest BCUT2D eigenvalue weighted by Gasteiger charge is -2.16. The second-order valence-electron chi connectivity index (χ2n) is 18.1. The van der Waals surface area contributed by atoms with Gasteiger partial charge >= 0.3 is 0 Å². The van der Waals surface area contributed by atoms with Crippen LogP contribution in [0.4, 0.5) is 0 Å². The highest BCUT2D eigenvalue weighted by molar-refractivity contribution is 6.22. The molecule has 0 amide bonds. The van der Waals surface area contributed by atoms with Crippen molar-refractivity contribution in [1.82, 2.24) is 4.57 Å². The molecule has 0 unspecified atom stereocenters. The summed E-state index contributed by atoms with van der Waals surface area (Å²) in [6, 6.07) is 81.5. The third-order valence-electron chi connectivity index (χ3n) is 14.0. The highest BCUT2D eigenvalue weighted by atomic mass is 16.3. The Labute approximate surface area is 405 Å². The SMILES string of the molecule is C=C[C@H](/N=C(\N=C(/C)c1cccc(-c2ccccc2)c1)c1ccc(-c2ccccc2)cc1)c1cc(-n2c3cc4ccccc4cc3c3ccc4ccccc4c32)cc2c1oc1c3ccccc3ccc21. The Kier molecular flexibility index (Phi) is 9.91. The molecule has 2 heterocycles. The molecule has 0 spiro atoms. The van der Waals surface area contributed by atoms with Gasteiger partial charge in [0.1, 0.15) is 11.2 Å². The number of fused-ring (bicyclic) bond motifs is 11. The molecule has 4 nitrogen and oxygen atoms in total. The van der Waals surface area contributed by atoms with Gasteiger partial charge in [-0.2, -0.15) is 0 Å². The third kappa shape index (κ3) is 7.00. The summed E-state index contributed by atoms with van der Waals surface area (Å²) in [6.45, 7) is 6.56. The molecule has 13 rings (SSSR count). The lowest BCUT2D eigenvalue weighted by molar-refractivity contribution is 0.662. The summed E-state index contributed by atoms with van der Waals surface area (Å²) in [7, 11) is 0. The fraction of sp³-hybridized carbons (Fsp3) is 0.0303. The average molecular weight is 896 g/mol. The zero-order valence-electron chi connectivity index (χ0n) is 38.6. The van der Waals surface area contributed by atoms with Crippen molar-refractivity contribution in [3.8, 4) is 27.9 Å². The fourth-order valence-corrected chi connectivity index (χ4v) is 10.5. The van der Waals surface area contributed by atoms with Gasteiger partial charge in [-0.05, 0) is 92.7 Å². The number of furan rings is 1. The van der Waals surface area contributed by atoms with E-state index in [0.717, 1.165) is 94.1 Å². The summed E-state index contributed by atoms with van der Waals surface area (Å²) in [4.78, 5) is 11.1. The number of aromatic nitrogens is 1. The highest BCUT2D eigenvalue weighted by Gasteiger charge is 2.24. The molecule has 0 radical (unpaired) electrons. The minimum atomic E-state index is -0.559. The average Bonchev–Trinajstić information content (AvgIpc) is 3.97. The van der Waals surface area contributed by atoms with E-state index in [4.69, 9.17) is 14.4 Å². The number of aliphatic imine (C=N–C) groups is 2. The number of hydrogen-bond acceptors (Lipinski definition) is 2. The molecule has 70 heavy (non-hydrogen) atoms. The van der Waals surface area contributed by atoms with Gasteiger partial charge in [0.05, 0.1) is 17.1 Å². The van der Waals surface area contributed by atoms with Crippen molar-refractivity contribution in [2.75, 3.05) is 0 Å². The topological polar surface area (TPSA) is 42.8 Å². The molecule has 4 heteroatoms. The molecule has 13 aromatic rings. The van der Waals surface area contributed by atoms with Crippen LogP contribution in [0.25, 0.3) is 104 Å². The van der Waals surface area contributed by atoms with Crippen LogP contribution in [0, 0.1) is 0 Å². The van der Waals surface area contributed by atoms with Gasteiger partial charge in [-0.3, -0.25) is 4.99 Å². The summed E-state index contributed by atoms with van der Waals surface area (Å²) in [5, 5.41) is 11.4. The number of benzene rings is 11. The predicted molar refractivity (Wildman–Crippen MR) is 296 cm³/mol. The molecule has 330 valence electrons. The molecular weight excluding hydrogens is 851 g/mol. The first kappa shape index (κ1) is 41.1. The third-order valence-corrected chi connectivity index (χ3v) is 14.0. The van der Waals surface area contributed by atoms with Crippen molar-refractivity contribution in [2.45, 2.75) is 13.0 Å². The minimum absolute atomic E-state index is 0.559. The molecule has 0 saturated carbocycles. The zero-order chi connectivity index (χ0) is 46.7. The quantitative estimate of drug-likeness (QED) is 0.0851. The Hall–Kier alpha value is -9.12. The lowest BCUT2D eigenvalue weighted by Crippen LogP contribution is -2.07. The van der Waals surface area contributed by atoms with E-state index in [1.54, 1.807) is 0 Å². The van der Waals surface area contributed by atoms with Crippen LogP contribution in [0.1, 0.15) is 29.7 Å². The molecule has 0 aliphatic rings. The van der Waals surface area contributed by atoms with Crippen LogP contribution in [-0.4, -0.2) is 16.1 Å². The first-order valence-electron chi connectivity index (χ1n) is 23.9. The predicted octanol–water partition coefficient (Wildman–Crippen LogP) is 17.7. The second-order valence-corrected chi connectivity index (χ2v) is 18.1. The molecule has 0 fully saturated rings. The maximum Gasteiger partial charge on any atom is 0.155 e. The summed E-state index contributed by atoms with van der Waals surface area (Å²) in [5.74, 6) is 0.599. The van der Waals surface area contributed by atoms with Crippen molar-refractivity contribution in [1.29, 1.82) is 0 Å². The zero-order valence-corrected chi connectivity index (χ0v) is 38.6. The molecule has 0 bridgehead atoms. The molecule has 11 aromatic carbocycles. The Morgan fingerprint density at radius 2 is 1.06 bits per heavy atom. The number of rotatable bonds is 8. The van der Waals surface area contributed by atoms with E-state index in [-0.39, 0.29) is 0 Å². The van der Waals surface area contributed by atoms with E-state index in [1.165, 1.54) is 32.3 Å². The largest absolute Gasteiger partial charge is 0.455 e. The van der Waals surface area contributed by atoms with Crippen LogP contribution in [0.2, 0.25) is 0 Å². The molecule has 0 saturated heterocycles. The Balaban J connectivity index is 1.08. The molecule has 0 aliphatic heterocycles. The first-order valence-corrected chi connectivity index (χ1v) is 23.9. The second kappa shape index (κ2) is 16.9. The van der Waals surface area contributed by atoms with E-state index in [2.05, 4.69) is 236 Å². The van der Waals surface area contributed by atoms with Crippen LogP contribution in [0.15, 0.2) is 258 Å². The van der Waals surface area contributed by atoms with Crippen LogP contribution in [0.3, 0.4) is 0 Å². The van der Waals surface area contributed by atoms with Crippen LogP contribution >= 0.6 is 0 Å². The molecule has 2 aromatic heterocycles. The lowest BCUT2D eigenvalue weighted by atomic mass is 10.00. The van der Waals surface area contributed by atoms with Crippen molar-refractivity contribution in [3.05, 3.63) is 260 Å². The van der Waals surface area contributed by atoms with E-state index in [9.17, 15) is 0 Å². The highest BCUT2D eigenvalue weighted by Crippen LogP contribution is 2.44.